The van der Waals surface area contributed by atoms with Gasteiger partial charge in [-0.25, -0.2) is 9.24 Å². The molecule has 1 heterocycles. The van der Waals surface area contributed by atoms with Gasteiger partial charge in [-0.1, -0.05) is 36.8 Å². The Bertz CT molecular complexity index is 529. The Morgan fingerprint density at radius 2 is 2.00 bits per heavy atom. The summed E-state index contributed by atoms with van der Waals surface area (Å²) in [4.78, 5) is 30.5. The maximum Gasteiger partial charge on any atom is 0.403 e. The number of piperidine rings is 1. The predicted octanol–water partition coefficient (Wildman–Crippen LogP) is 2.24. The second-order valence-corrected chi connectivity index (χ2v) is 6.72. The molecule has 6 nitrogen and oxygen atoms in total. The van der Waals surface area contributed by atoms with Crippen LogP contribution >= 0.6 is 7.75 Å². The molecule has 2 unspecified atom stereocenters. The van der Waals surface area contributed by atoms with Gasteiger partial charge in [0.25, 0.3) is 0 Å². The van der Waals surface area contributed by atoms with E-state index in [0.29, 0.717) is 13.0 Å². The summed E-state index contributed by atoms with van der Waals surface area (Å²) in [5, 5.41) is 0. The van der Waals surface area contributed by atoms with Crippen molar-refractivity contribution in [2.24, 2.45) is 0 Å². The van der Waals surface area contributed by atoms with Crippen LogP contribution in [0.15, 0.2) is 30.3 Å². The molecular formula is C14H20NO5P. The number of nitrogens with zero attached hydrogens (tertiary/aromatic N) is 1. The zero-order valence-electron chi connectivity index (χ0n) is 11.9. The number of carbonyl (C=O) groups excluding carboxylic acids is 1. The summed E-state index contributed by atoms with van der Waals surface area (Å²) in [6.45, 7) is 1.61. The minimum absolute atomic E-state index is 0.305. The van der Waals surface area contributed by atoms with Crippen LogP contribution < -0.4 is 0 Å². The van der Waals surface area contributed by atoms with Crippen LogP contribution in [0.2, 0.25) is 0 Å². The van der Waals surface area contributed by atoms with Gasteiger partial charge in [0.15, 0.2) is 0 Å². The van der Waals surface area contributed by atoms with Gasteiger partial charge in [0.1, 0.15) is 6.10 Å². The molecule has 0 amide bonds. The third kappa shape index (κ3) is 4.14. The highest BCUT2D eigenvalue weighted by atomic mass is 31.2. The van der Waals surface area contributed by atoms with Gasteiger partial charge < -0.3 is 14.5 Å². The highest BCUT2D eigenvalue weighted by molar-refractivity contribution is 7.49. The van der Waals surface area contributed by atoms with Gasteiger partial charge in [-0.05, 0) is 18.4 Å². The van der Waals surface area contributed by atoms with E-state index < -0.39 is 25.9 Å². The Balaban J connectivity index is 2.34. The molecule has 1 aliphatic rings. The zero-order chi connectivity index (χ0) is 15.5. The summed E-state index contributed by atoms with van der Waals surface area (Å²) < 4.78 is 18.2. The van der Waals surface area contributed by atoms with Crippen molar-refractivity contribution in [1.82, 2.24) is 4.67 Å². The standard InChI is InChI=1S/C14H20NO5P/c1-11(16)20-14(12-7-3-2-4-8-12)13-9-5-6-10-15(13)21(17,18)19/h2-4,7-8,13-14H,5-6,9-10H2,1H3,(H2,17,18,19). The molecule has 2 rings (SSSR count). The highest BCUT2D eigenvalue weighted by Gasteiger charge is 2.40. The Labute approximate surface area is 123 Å². The third-order valence-electron chi connectivity index (χ3n) is 3.63. The summed E-state index contributed by atoms with van der Waals surface area (Å²) in [6, 6.07) is 8.58. The van der Waals surface area contributed by atoms with Crippen molar-refractivity contribution in [2.45, 2.75) is 38.3 Å². The molecule has 0 aliphatic carbocycles. The molecule has 0 radical (unpaired) electrons. The monoisotopic (exact) mass is 313 g/mol. The molecule has 1 aliphatic heterocycles. The lowest BCUT2D eigenvalue weighted by Crippen LogP contribution is -2.42. The van der Waals surface area contributed by atoms with E-state index in [1.165, 1.54) is 6.92 Å². The van der Waals surface area contributed by atoms with Gasteiger partial charge in [-0.2, -0.15) is 0 Å². The predicted molar refractivity (Wildman–Crippen MR) is 77.3 cm³/mol. The van der Waals surface area contributed by atoms with E-state index in [1.807, 2.05) is 18.2 Å². The summed E-state index contributed by atoms with van der Waals surface area (Å²) in [7, 11) is -4.37. The van der Waals surface area contributed by atoms with Crippen LogP contribution in [0, 0.1) is 0 Å². The van der Waals surface area contributed by atoms with Crippen LogP contribution in [-0.2, 0) is 14.1 Å². The van der Waals surface area contributed by atoms with Gasteiger partial charge in [-0.15, -0.1) is 0 Å². The Morgan fingerprint density at radius 1 is 1.33 bits per heavy atom. The van der Waals surface area contributed by atoms with Crippen LogP contribution in [0.3, 0.4) is 0 Å². The van der Waals surface area contributed by atoms with Gasteiger partial charge in [0.2, 0.25) is 0 Å². The van der Waals surface area contributed by atoms with E-state index in [-0.39, 0.29) is 0 Å². The number of esters is 1. The van der Waals surface area contributed by atoms with Crippen LogP contribution in [0.5, 0.6) is 0 Å². The molecule has 2 N–H and O–H groups in total. The molecule has 0 saturated carbocycles. The summed E-state index contributed by atoms with van der Waals surface area (Å²) in [6.07, 6.45) is 1.49. The molecule has 7 heteroatoms. The average Bonchev–Trinajstić information content (AvgIpc) is 2.44. The zero-order valence-corrected chi connectivity index (χ0v) is 12.8. The van der Waals surface area contributed by atoms with Crippen LogP contribution in [0.1, 0.15) is 37.9 Å². The van der Waals surface area contributed by atoms with E-state index in [9.17, 15) is 19.1 Å². The lowest BCUT2D eigenvalue weighted by Gasteiger charge is -2.39. The molecular weight excluding hydrogens is 293 g/mol. The summed E-state index contributed by atoms with van der Waals surface area (Å²) in [5.74, 6) is -0.458. The Hall–Kier alpha value is -1.20. The van der Waals surface area contributed by atoms with Gasteiger partial charge in [0, 0.05) is 13.5 Å². The Morgan fingerprint density at radius 3 is 2.57 bits per heavy atom. The Kier molecular flexibility index (Phi) is 5.17. The highest BCUT2D eigenvalue weighted by Crippen LogP contribution is 2.48. The molecule has 2 atom stereocenters. The molecule has 116 valence electrons. The lowest BCUT2D eigenvalue weighted by atomic mass is 9.94. The van der Waals surface area contributed by atoms with Gasteiger partial charge in [-0.3, -0.25) is 4.79 Å². The number of ether oxygens (including phenoxy) is 1. The molecule has 1 aromatic carbocycles. The smallest absolute Gasteiger partial charge is 0.403 e. The van der Waals surface area contributed by atoms with Crippen LogP contribution in [0.25, 0.3) is 0 Å². The number of benzene rings is 1. The van der Waals surface area contributed by atoms with E-state index >= 15 is 0 Å². The van der Waals surface area contributed by atoms with E-state index in [4.69, 9.17) is 4.74 Å². The van der Waals surface area contributed by atoms with Crippen molar-refractivity contribution in [3.05, 3.63) is 35.9 Å². The number of hydrogen-bond donors (Lipinski definition) is 2. The SMILES string of the molecule is CC(=O)OC(c1ccccc1)C1CCCCN1P(=O)(O)O. The molecule has 1 fully saturated rings. The number of rotatable bonds is 4. The first-order valence-corrected chi connectivity index (χ1v) is 8.51. The van der Waals surface area contributed by atoms with Crippen LogP contribution in [-0.4, -0.2) is 33.0 Å². The van der Waals surface area contributed by atoms with E-state index in [2.05, 4.69) is 0 Å². The van der Waals surface area contributed by atoms with Crippen molar-refractivity contribution in [3.8, 4) is 0 Å². The third-order valence-corrected chi connectivity index (χ3v) is 4.79. The first-order valence-electron chi connectivity index (χ1n) is 6.94. The number of hydrogen-bond acceptors (Lipinski definition) is 3. The fraction of sp³-hybridized carbons (Fsp3) is 0.500. The molecule has 0 bridgehead atoms. The van der Waals surface area contributed by atoms with Crippen molar-refractivity contribution < 1.29 is 23.9 Å². The van der Waals surface area contributed by atoms with E-state index in [0.717, 1.165) is 23.1 Å². The molecule has 0 aromatic heterocycles. The minimum atomic E-state index is -4.37. The molecule has 1 saturated heterocycles. The van der Waals surface area contributed by atoms with E-state index in [1.54, 1.807) is 12.1 Å². The summed E-state index contributed by atoms with van der Waals surface area (Å²) in [5.41, 5.74) is 0.748. The number of carbonyl (C=O) groups is 1. The first-order chi connectivity index (χ1) is 9.89. The summed E-state index contributed by atoms with van der Waals surface area (Å²) >= 11 is 0. The largest absolute Gasteiger partial charge is 0.456 e. The normalized spacial score (nSPS) is 21.8. The fourth-order valence-corrected chi connectivity index (χ4v) is 3.79. The van der Waals surface area contributed by atoms with Crippen LogP contribution in [0.4, 0.5) is 0 Å². The first kappa shape index (κ1) is 16.2. The topological polar surface area (TPSA) is 87.1 Å². The van der Waals surface area contributed by atoms with Gasteiger partial charge >= 0.3 is 13.7 Å². The lowest BCUT2D eigenvalue weighted by molar-refractivity contribution is -0.150. The molecule has 21 heavy (non-hydrogen) atoms. The van der Waals surface area contributed by atoms with Crippen molar-refractivity contribution in [1.29, 1.82) is 0 Å². The quantitative estimate of drug-likeness (QED) is 0.655. The molecule has 1 aromatic rings. The second-order valence-electron chi connectivity index (χ2n) is 5.18. The van der Waals surface area contributed by atoms with Crippen molar-refractivity contribution in [2.75, 3.05) is 6.54 Å². The van der Waals surface area contributed by atoms with Gasteiger partial charge in [0.05, 0.1) is 6.04 Å². The minimum Gasteiger partial charge on any atom is -0.456 e. The average molecular weight is 313 g/mol. The maximum absolute atomic E-state index is 11.7. The second kappa shape index (κ2) is 6.71. The fourth-order valence-electron chi connectivity index (χ4n) is 2.76. The molecule has 0 spiro atoms. The maximum atomic E-state index is 11.7. The van der Waals surface area contributed by atoms with Crippen molar-refractivity contribution >= 4 is 13.7 Å². The van der Waals surface area contributed by atoms with Crippen molar-refractivity contribution in [3.63, 3.8) is 0 Å².